The standard InChI is InChI=1S/C24H16Cl3NO3S2/c1-30-21-10-14(6-9-20(21)31-13-15-4-2-3-5-17(15)26)11-22-23(29)28(24(32)33-22)19-8-7-16(25)12-18(19)27/h2-12H,13H2,1H3/b22-11-. The molecule has 33 heavy (non-hydrogen) atoms. The summed E-state index contributed by atoms with van der Waals surface area (Å²) in [5, 5.41) is 1.46. The molecule has 1 fully saturated rings. The highest BCUT2D eigenvalue weighted by atomic mass is 35.5. The van der Waals surface area contributed by atoms with Crippen molar-refractivity contribution in [3.8, 4) is 11.5 Å². The number of hydrogen-bond donors (Lipinski definition) is 0. The van der Waals surface area contributed by atoms with Gasteiger partial charge in [-0.15, -0.1) is 0 Å². The second-order valence-corrected chi connectivity index (χ2v) is 9.83. The van der Waals surface area contributed by atoms with Crippen molar-refractivity contribution >= 4 is 80.8 Å². The van der Waals surface area contributed by atoms with Crippen molar-refractivity contribution in [2.45, 2.75) is 6.61 Å². The van der Waals surface area contributed by atoms with Crippen molar-refractivity contribution in [2.75, 3.05) is 12.0 Å². The van der Waals surface area contributed by atoms with Crippen LogP contribution in [0.4, 0.5) is 5.69 Å². The molecule has 3 aromatic carbocycles. The number of anilines is 1. The Morgan fingerprint density at radius 1 is 1.00 bits per heavy atom. The molecule has 1 aliphatic rings. The smallest absolute Gasteiger partial charge is 0.270 e. The quantitative estimate of drug-likeness (QED) is 0.239. The maximum atomic E-state index is 13.1. The van der Waals surface area contributed by atoms with E-state index in [4.69, 9.17) is 56.5 Å². The van der Waals surface area contributed by atoms with Gasteiger partial charge in [-0.3, -0.25) is 9.69 Å². The number of ether oxygens (including phenoxy) is 2. The molecule has 0 bridgehead atoms. The number of rotatable bonds is 6. The SMILES string of the molecule is COc1cc(/C=C2\SC(=S)N(c3ccc(Cl)cc3Cl)C2=O)ccc1OCc1ccccc1Cl. The van der Waals surface area contributed by atoms with Crippen LogP contribution in [0.15, 0.2) is 65.6 Å². The number of methoxy groups -OCH3 is 1. The number of nitrogens with zero attached hydrogens (tertiary/aromatic N) is 1. The summed E-state index contributed by atoms with van der Waals surface area (Å²) in [6.07, 6.45) is 1.75. The Kier molecular flexibility index (Phi) is 7.51. The van der Waals surface area contributed by atoms with Gasteiger partial charge in [0.2, 0.25) is 0 Å². The van der Waals surface area contributed by atoms with E-state index in [9.17, 15) is 4.79 Å². The van der Waals surface area contributed by atoms with Gasteiger partial charge in [0, 0.05) is 15.6 Å². The van der Waals surface area contributed by atoms with Gasteiger partial charge < -0.3 is 9.47 Å². The van der Waals surface area contributed by atoms with Crippen LogP contribution < -0.4 is 14.4 Å². The summed E-state index contributed by atoms with van der Waals surface area (Å²) in [6.45, 7) is 0.301. The fourth-order valence-corrected chi connectivity index (χ4v) is 5.12. The maximum Gasteiger partial charge on any atom is 0.270 e. The lowest BCUT2D eigenvalue weighted by atomic mass is 10.1. The van der Waals surface area contributed by atoms with Crippen molar-refractivity contribution in [3.05, 3.63) is 91.8 Å². The molecule has 0 spiro atoms. The van der Waals surface area contributed by atoms with Gasteiger partial charge in [-0.2, -0.15) is 0 Å². The van der Waals surface area contributed by atoms with Gasteiger partial charge in [-0.05, 0) is 48.0 Å². The first kappa shape index (κ1) is 23.9. The molecule has 0 atom stereocenters. The van der Waals surface area contributed by atoms with Crippen LogP contribution in [0, 0.1) is 0 Å². The van der Waals surface area contributed by atoms with E-state index >= 15 is 0 Å². The minimum absolute atomic E-state index is 0.257. The van der Waals surface area contributed by atoms with Crippen LogP contribution in [0.2, 0.25) is 15.1 Å². The lowest BCUT2D eigenvalue weighted by Crippen LogP contribution is -2.27. The van der Waals surface area contributed by atoms with Crippen molar-refractivity contribution in [3.63, 3.8) is 0 Å². The molecule has 168 valence electrons. The zero-order valence-electron chi connectivity index (χ0n) is 17.2. The van der Waals surface area contributed by atoms with Gasteiger partial charge in [-0.1, -0.05) is 83.0 Å². The van der Waals surface area contributed by atoms with Gasteiger partial charge in [0.1, 0.15) is 6.61 Å². The Hall–Kier alpha value is -2.22. The number of amides is 1. The highest BCUT2D eigenvalue weighted by molar-refractivity contribution is 8.27. The first-order chi connectivity index (χ1) is 15.9. The van der Waals surface area contributed by atoms with E-state index < -0.39 is 0 Å². The van der Waals surface area contributed by atoms with Crippen LogP contribution in [-0.4, -0.2) is 17.3 Å². The van der Waals surface area contributed by atoms with Crippen LogP contribution in [0.1, 0.15) is 11.1 Å². The molecule has 0 aliphatic carbocycles. The zero-order valence-corrected chi connectivity index (χ0v) is 21.1. The summed E-state index contributed by atoms with van der Waals surface area (Å²) in [5.74, 6) is 0.842. The molecule has 0 N–H and O–H groups in total. The Morgan fingerprint density at radius 2 is 1.79 bits per heavy atom. The summed E-state index contributed by atoms with van der Waals surface area (Å²) in [6, 6.07) is 17.8. The predicted molar refractivity (Wildman–Crippen MR) is 141 cm³/mol. The number of carbonyl (C=O) groups is 1. The Morgan fingerprint density at radius 3 is 2.52 bits per heavy atom. The summed E-state index contributed by atoms with van der Waals surface area (Å²) >= 11 is 25.1. The highest BCUT2D eigenvalue weighted by Gasteiger charge is 2.34. The second-order valence-electron chi connectivity index (χ2n) is 6.90. The number of thiocarbonyl (C=S) groups is 1. The lowest BCUT2D eigenvalue weighted by molar-refractivity contribution is -0.113. The molecule has 4 nitrogen and oxygen atoms in total. The normalized spacial score (nSPS) is 14.8. The van der Waals surface area contributed by atoms with E-state index in [2.05, 4.69) is 0 Å². The van der Waals surface area contributed by atoms with Crippen molar-refractivity contribution in [2.24, 2.45) is 0 Å². The molecule has 4 rings (SSSR count). The molecule has 0 unspecified atom stereocenters. The molecule has 0 radical (unpaired) electrons. The molecular weight excluding hydrogens is 521 g/mol. The third-order valence-electron chi connectivity index (χ3n) is 4.77. The Labute approximate surface area is 216 Å². The summed E-state index contributed by atoms with van der Waals surface area (Å²) < 4.78 is 11.8. The number of thioether (sulfide) groups is 1. The van der Waals surface area contributed by atoms with E-state index in [0.29, 0.717) is 48.1 Å². The Balaban J connectivity index is 1.55. The zero-order chi connectivity index (χ0) is 23.5. The van der Waals surface area contributed by atoms with Crippen LogP contribution in [-0.2, 0) is 11.4 Å². The number of benzene rings is 3. The molecule has 1 amide bonds. The summed E-state index contributed by atoms with van der Waals surface area (Å²) in [7, 11) is 1.56. The third-order valence-corrected chi connectivity index (χ3v) is 6.98. The minimum Gasteiger partial charge on any atom is -0.493 e. The van der Waals surface area contributed by atoms with E-state index in [0.717, 1.165) is 11.1 Å². The van der Waals surface area contributed by atoms with Gasteiger partial charge in [-0.25, -0.2) is 0 Å². The van der Waals surface area contributed by atoms with E-state index in [1.54, 1.807) is 43.5 Å². The van der Waals surface area contributed by atoms with Crippen LogP contribution in [0.5, 0.6) is 11.5 Å². The topological polar surface area (TPSA) is 38.8 Å². The number of halogens is 3. The molecule has 1 saturated heterocycles. The van der Waals surface area contributed by atoms with Crippen LogP contribution in [0.25, 0.3) is 6.08 Å². The van der Waals surface area contributed by atoms with Gasteiger partial charge in [0.05, 0.1) is 22.7 Å². The predicted octanol–water partition coefficient (Wildman–Crippen LogP) is 7.64. The van der Waals surface area contributed by atoms with Crippen molar-refractivity contribution in [1.29, 1.82) is 0 Å². The largest absolute Gasteiger partial charge is 0.493 e. The monoisotopic (exact) mass is 535 g/mol. The second kappa shape index (κ2) is 10.4. The average molecular weight is 537 g/mol. The summed E-state index contributed by atoms with van der Waals surface area (Å²) in [5.41, 5.74) is 2.13. The summed E-state index contributed by atoms with van der Waals surface area (Å²) in [4.78, 5) is 14.9. The van der Waals surface area contributed by atoms with Gasteiger partial charge in [0.25, 0.3) is 5.91 Å². The lowest BCUT2D eigenvalue weighted by Gasteiger charge is -2.16. The first-order valence-electron chi connectivity index (χ1n) is 9.64. The molecule has 1 heterocycles. The fraction of sp³-hybridized carbons (Fsp3) is 0.0833. The minimum atomic E-state index is -0.257. The molecular formula is C24H16Cl3NO3S2. The molecule has 9 heteroatoms. The van der Waals surface area contributed by atoms with Crippen LogP contribution >= 0.6 is 58.8 Å². The number of carbonyl (C=O) groups excluding carboxylic acids is 1. The van der Waals surface area contributed by atoms with Crippen LogP contribution in [0.3, 0.4) is 0 Å². The van der Waals surface area contributed by atoms with Crippen molar-refractivity contribution in [1.82, 2.24) is 0 Å². The number of hydrogen-bond acceptors (Lipinski definition) is 5. The van der Waals surface area contributed by atoms with E-state index in [1.165, 1.54) is 16.7 Å². The molecule has 3 aromatic rings. The Bertz CT molecular complexity index is 1280. The molecule has 1 aliphatic heterocycles. The van der Waals surface area contributed by atoms with Gasteiger partial charge in [0.15, 0.2) is 15.8 Å². The third kappa shape index (κ3) is 5.31. The van der Waals surface area contributed by atoms with E-state index in [1.807, 2.05) is 30.3 Å². The molecule has 0 saturated carbocycles. The van der Waals surface area contributed by atoms with Gasteiger partial charge >= 0.3 is 0 Å². The van der Waals surface area contributed by atoms with Crippen molar-refractivity contribution < 1.29 is 14.3 Å². The first-order valence-corrected chi connectivity index (χ1v) is 12.0. The highest BCUT2D eigenvalue weighted by Crippen LogP contribution is 2.40. The fourth-order valence-electron chi connectivity index (χ4n) is 3.15. The average Bonchev–Trinajstić information content (AvgIpc) is 3.06. The van der Waals surface area contributed by atoms with E-state index in [-0.39, 0.29) is 5.91 Å². The molecule has 0 aromatic heterocycles. The maximum absolute atomic E-state index is 13.1.